The molecule has 3 aromatic rings. The summed E-state index contributed by atoms with van der Waals surface area (Å²) in [6.07, 6.45) is 0. The second-order valence-corrected chi connectivity index (χ2v) is 7.15. The molecule has 0 radical (unpaired) electrons. The SMILES string of the molecule is N#Cc1c(-c2cccs2)nc(SCc2cccc(/C(N=N)=N/N)c2)[nH]c1=O. The second-order valence-electron chi connectivity index (χ2n) is 5.24. The van der Waals surface area contributed by atoms with Crippen molar-refractivity contribution < 1.29 is 0 Å². The molecule has 8 nitrogen and oxygen atoms in total. The van der Waals surface area contributed by atoms with Crippen LogP contribution in [-0.2, 0) is 5.75 Å². The van der Waals surface area contributed by atoms with Gasteiger partial charge in [0.2, 0.25) is 0 Å². The molecule has 0 aliphatic heterocycles. The van der Waals surface area contributed by atoms with Crippen LogP contribution in [-0.4, -0.2) is 15.8 Å². The molecule has 3 rings (SSSR count). The quantitative estimate of drug-likeness (QED) is 0.115. The molecule has 0 aliphatic carbocycles. The summed E-state index contributed by atoms with van der Waals surface area (Å²) in [5, 5.41) is 18.3. The van der Waals surface area contributed by atoms with Crippen molar-refractivity contribution in [1.82, 2.24) is 9.97 Å². The molecule has 0 unspecified atom stereocenters. The summed E-state index contributed by atoms with van der Waals surface area (Å²) in [5.41, 5.74) is 8.58. The highest BCUT2D eigenvalue weighted by atomic mass is 32.2. The number of hydrogen-bond acceptors (Lipinski definition) is 8. The van der Waals surface area contributed by atoms with E-state index in [-0.39, 0.29) is 11.4 Å². The van der Waals surface area contributed by atoms with Crippen molar-refractivity contribution in [3.05, 3.63) is 68.8 Å². The lowest BCUT2D eigenvalue weighted by Crippen LogP contribution is -2.14. The Kier molecular flexibility index (Phi) is 5.75. The molecule has 4 N–H and O–H groups in total. The minimum absolute atomic E-state index is 0.00431. The van der Waals surface area contributed by atoms with Crippen molar-refractivity contribution in [3.8, 4) is 16.6 Å². The summed E-state index contributed by atoms with van der Waals surface area (Å²) in [7, 11) is 0. The van der Waals surface area contributed by atoms with Gasteiger partial charge < -0.3 is 10.8 Å². The van der Waals surface area contributed by atoms with E-state index in [0.717, 1.165) is 10.4 Å². The van der Waals surface area contributed by atoms with Crippen molar-refractivity contribution in [2.24, 2.45) is 16.1 Å². The van der Waals surface area contributed by atoms with E-state index >= 15 is 0 Å². The molecule has 2 aromatic heterocycles. The van der Waals surface area contributed by atoms with Crippen LogP contribution < -0.4 is 11.4 Å². The molecule has 0 saturated carbocycles. The Morgan fingerprint density at radius 1 is 1.41 bits per heavy atom. The van der Waals surface area contributed by atoms with Gasteiger partial charge in [-0.25, -0.2) is 10.5 Å². The molecule has 27 heavy (non-hydrogen) atoms. The predicted octanol–water partition coefficient (Wildman–Crippen LogP) is 3.31. The maximum atomic E-state index is 12.2. The lowest BCUT2D eigenvalue weighted by Gasteiger charge is -2.06. The van der Waals surface area contributed by atoms with E-state index in [2.05, 4.69) is 20.2 Å². The van der Waals surface area contributed by atoms with Crippen LogP contribution in [0.2, 0.25) is 0 Å². The number of thiophene rings is 1. The number of nitrogens with zero attached hydrogens (tertiary/aromatic N) is 4. The third-order valence-electron chi connectivity index (χ3n) is 3.55. The standard InChI is InChI=1S/C17H13N7OS2/c18-8-12-14(13-5-2-6-26-13)21-17(22-16(12)25)27-9-10-3-1-4-11(7-10)15(23-19)24-20/h1-7,19H,9,20H2,(H,21,22,25)/b23-19?,24-15-. The number of benzene rings is 1. The van der Waals surface area contributed by atoms with Gasteiger partial charge in [0.05, 0.1) is 4.88 Å². The van der Waals surface area contributed by atoms with E-state index in [1.807, 2.05) is 41.8 Å². The van der Waals surface area contributed by atoms with Crippen LogP contribution in [0, 0.1) is 16.9 Å². The molecule has 1 aromatic carbocycles. The summed E-state index contributed by atoms with van der Waals surface area (Å²) in [6.45, 7) is 0. The van der Waals surface area contributed by atoms with Gasteiger partial charge in [-0.05, 0) is 23.1 Å². The van der Waals surface area contributed by atoms with Crippen molar-refractivity contribution >= 4 is 28.9 Å². The Morgan fingerprint density at radius 2 is 2.26 bits per heavy atom. The van der Waals surface area contributed by atoms with Gasteiger partial charge in [0, 0.05) is 11.3 Å². The van der Waals surface area contributed by atoms with Gasteiger partial charge in [-0.1, -0.05) is 36.0 Å². The first-order chi connectivity index (χ1) is 13.2. The zero-order chi connectivity index (χ0) is 19.2. The normalized spacial score (nSPS) is 11.1. The van der Waals surface area contributed by atoms with Crippen LogP contribution in [0.3, 0.4) is 0 Å². The van der Waals surface area contributed by atoms with E-state index in [1.165, 1.54) is 23.1 Å². The number of H-pyrrole nitrogens is 1. The third kappa shape index (κ3) is 4.11. The number of hydrazone groups is 1. The molecule has 134 valence electrons. The Bertz CT molecular complexity index is 1100. The first-order valence-electron chi connectivity index (χ1n) is 7.62. The largest absolute Gasteiger partial charge is 0.321 e. The minimum Gasteiger partial charge on any atom is -0.321 e. The van der Waals surface area contributed by atoms with Gasteiger partial charge in [-0.15, -0.1) is 16.5 Å². The van der Waals surface area contributed by atoms with Crippen molar-refractivity contribution in [1.29, 1.82) is 10.8 Å². The van der Waals surface area contributed by atoms with Gasteiger partial charge in [0.15, 0.2) is 11.0 Å². The summed E-state index contributed by atoms with van der Waals surface area (Å²) in [5.74, 6) is 5.88. The highest BCUT2D eigenvalue weighted by Crippen LogP contribution is 2.27. The van der Waals surface area contributed by atoms with E-state index in [4.69, 9.17) is 11.4 Å². The highest BCUT2D eigenvalue weighted by molar-refractivity contribution is 7.98. The van der Waals surface area contributed by atoms with Crippen LogP contribution in [0.25, 0.3) is 10.6 Å². The van der Waals surface area contributed by atoms with Gasteiger partial charge in [0.1, 0.15) is 17.3 Å². The van der Waals surface area contributed by atoms with Gasteiger partial charge in [-0.2, -0.15) is 10.4 Å². The van der Waals surface area contributed by atoms with Crippen molar-refractivity contribution in [2.75, 3.05) is 0 Å². The number of thioether (sulfide) groups is 1. The number of hydrogen-bond donors (Lipinski definition) is 3. The predicted molar refractivity (Wildman–Crippen MR) is 105 cm³/mol. The van der Waals surface area contributed by atoms with Gasteiger partial charge in [-0.3, -0.25) is 4.79 Å². The monoisotopic (exact) mass is 395 g/mol. The molecule has 0 saturated heterocycles. The molecule has 0 spiro atoms. The minimum atomic E-state index is -0.460. The maximum Gasteiger partial charge on any atom is 0.270 e. The first kappa shape index (κ1) is 18.5. The van der Waals surface area contributed by atoms with Gasteiger partial charge in [0.25, 0.3) is 5.56 Å². The number of nitriles is 1. The smallest absolute Gasteiger partial charge is 0.270 e. The van der Waals surface area contributed by atoms with Crippen LogP contribution in [0.5, 0.6) is 0 Å². The summed E-state index contributed by atoms with van der Waals surface area (Å²) < 4.78 is 0. The molecule has 0 bridgehead atoms. The molecule has 0 amide bonds. The zero-order valence-electron chi connectivity index (χ0n) is 13.8. The number of amidine groups is 1. The zero-order valence-corrected chi connectivity index (χ0v) is 15.5. The van der Waals surface area contributed by atoms with E-state index in [9.17, 15) is 10.1 Å². The molecule has 2 heterocycles. The molecule has 10 heteroatoms. The lowest BCUT2D eigenvalue weighted by molar-refractivity contribution is 0.936. The first-order valence-corrected chi connectivity index (χ1v) is 9.48. The Balaban J connectivity index is 1.87. The number of aromatic nitrogens is 2. The van der Waals surface area contributed by atoms with Crippen LogP contribution in [0.4, 0.5) is 0 Å². The Morgan fingerprint density at radius 3 is 2.93 bits per heavy atom. The van der Waals surface area contributed by atoms with Crippen LogP contribution in [0.15, 0.2) is 61.9 Å². The fourth-order valence-electron chi connectivity index (χ4n) is 2.34. The topological polar surface area (TPSA) is 144 Å². The third-order valence-corrected chi connectivity index (χ3v) is 5.37. The number of nitrogens with one attached hydrogen (secondary N) is 2. The molecular weight excluding hydrogens is 382 g/mol. The average Bonchev–Trinajstić information content (AvgIpc) is 3.22. The Labute approximate surface area is 162 Å². The van der Waals surface area contributed by atoms with Crippen molar-refractivity contribution in [2.45, 2.75) is 10.9 Å². The number of aromatic amines is 1. The summed E-state index contributed by atoms with van der Waals surface area (Å²) >= 11 is 2.75. The van der Waals surface area contributed by atoms with Crippen LogP contribution in [0.1, 0.15) is 16.7 Å². The fourth-order valence-corrected chi connectivity index (χ4v) is 3.86. The van der Waals surface area contributed by atoms with Crippen LogP contribution >= 0.6 is 23.1 Å². The summed E-state index contributed by atoms with van der Waals surface area (Å²) in [4.78, 5) is 20.1. The number of rotatable bonds is 5. The summed E-state index contributed by atoms with van der Waals surface area (Å²) in [6, 6.07) is 12.9. The van der Waals surface area contributed by atoms with E-state index in [0.29, 0.717) is 22.2 Å². The fraction of sp³-hybridized carbons (Fsp3) is 0.0588. The lowest BCUT2D eigenvalue weighted by atomic mass is 10.1. The van der Waals surface area contributed by atoms with Gasteiger partial charge >= 0.3 is 0 Å². The molecule has 0 fully saturated rings. The molecule has 0 aliphatic rings. The van der Waals surface area contributed by atoms with E-state index < -0.39 is 5.56 Å². The molecular formula is C17H13N7OS2. The molecule has 0 atom stereocenters. The van der Waals surface area contributed by atoms with Crippen molar-refractivity contribution in [3.63, 3.8) is 0 Å². The number of nitrogens with two attached hydrogens (primary N) is 1. The Hall–Kier alpha value is -3.29. The van der Waals surface area contributed by atoms with E-state index in [1.54, 1.807) is 6.07 Å². The second kappa shape index (κ2) is 8.39. The average molecular weight is 395 g/mol. The highest BCUT2D eigenvalue weighted by Gasteiger charge is 2.14. The maximum absolute atomic E-state index is 12.2.